The van der Waals surface area contributed by atoms with Gasteiger partial charge >= 0.3 is 0 Å². The van der Waals surface area contributed by atoms with Crippen LogP contribution in [0.5, 0.6) is 0 Å². The van der Waals surface area contributed by atoms with Crippen LogP contribution < -0.4 is 5.32 Å². The van der Waals surface area contributed by atoms with E-state index in [1.807, 2.05) is 12.3 Å². The Kier molecular flexibility index (Phi) is 9.89. The quantitative estimate of drug-likeness (QED) is 0.425. The van der Waals surface area contributed by atoms with Crippen molar-refractivity contribution in [3.8, 4) is 0 Å². The first kappa shape index (κ1) is 15.0. The number of nitrogens with one attached hydrogen (secondary N) is 1. The van der Waals surface area contributed by atoms with Crippen molar-refractivity contribution in [1.82, 2.24) is 5.32 Å². The second-order valence-electron chi connectivity index (χ2n) is 4.30. The van der Waals surface area contributed by atoms with Gasteiger partial charge in [-0.05, 0) is 30.2 Å². The van der Waals surface area contributed by atoms with Crippen molar-refractivity contribution in [2.45, 2.75) is 46.0 Å². The zero-order chi connectivity index (χ0) is 12.2. The van der Waals surface area contributed by atoms with Gasteiger partial charge in [0.25, 0.3) is 0 Å². The summed E-state index contributed by atoms with van der Waals surface area (Å²) in [5, 5.41) is 3.31. The van der Waals surface area contributed by atoms with Gasteiger partial charge in [-0.3, -0.25) is 0 Å². The maximum Gasteiger partial charge on any atom is 0.0144 e. The van der Waals surface area contributed by atoms with Crippen LogP contribution in [-0.2, 0) is 0 Å². The molecule has 0 saturated carbocycles. The zero-order valence-corrected chi connectivity index (χ0v) is 11.0. The summed E-state index contributed by atoms with van der Waals surface area (Å²) in [4.78, 5) is 0. The normalized spacial score (nSPS) is 10.9. The van der Waals surface area contributed by atoms with Crippen LogP contribution in [0, 0.1) is 5.92 Å². The molecule has 0 radical (unpaired) electrons. The van der Waals surface area contributed by atoms with E-state index in [1.54, 1.807) is 6.08 Å². The van der Waals surface area contributed by atoms with E-state index in [0.717, 1.165) is 18.0 Å². The third kappa shape index (κ3) is 8.34. The molecule has 0 aromatic rings. The first-order valence-electron chi connectivity index (χ1n) is 6.45. The fourth-order valence-electron chi connectivity index (χ4n) is 1.85. The smallest absolute Gasteiger partial charge is 0.0144 e. The first-order chi connectivity index (χ1) is 7.74. The fraction of sp³-hybridized carbons (Fsp3) is 0.600. The minimum atomic E-state index is 0.888. The van der Waals surface area contributed by atoms with E-state index >= 15 is 0 Å². The van der Waals surface area contributed by atoms with Crippen molar-refractivity contribution in [3.05, 3.63) is 37.1 Å². The minimum Gasteiger partial charge on any atom is -0.391 e. The molecule has 0 saturated heterocycles. The molecule has 0 aliphatic carbocycles. The Hall–Kier alpha value is -0.980. The summed E-state index contributed by atoms with van der Waals surface area (Å²) in [7, 11) is 0. The monoisotopic (exact) mass is 221 g/mol. The highest BCUT2D eigenvalue weighted by Crippen LogP contribution is 2.16. The zero-order valence-electron chi connectivity index (χ0n) is 11.0. The van der Waals surface area contributed by atoms with E-state index in [4.69, 9.17) is 0 Å². The van der Waals surface area contributed by atoms with Gasteiger partial charge in [-0.2, -0.15) is 0 Å². The second kappa shape index (κ2) is 10.5. The van der Waals surface area contributed by atoms with Crippen LogP contribution in [0.2, 0.25) is 0 Å². The van der Waals surface area contributed by atoms with Gasteiger partial charge in [0.15, 0.2) is 0 Å². The molecule has 0 amide bonds. The molecule has 16 heavy (non-hydrogen) atoms. The predicted molar refractivity (Wildman–Crippen MR) is 74.4 cm³/mol. The maximum absolute atomic E-state index is 3.82. The average molecular weight is 221 g/mol. The predicted octanol–water partition coefficient (Wildman–Crippen LogP) is 4.44. The van der Waals surface area contributed by atoms with Crippen LogP contribution in [0.4, 0.5) is 0 Å². The molecule has 0 spiro atoms. The van der Waals surface area contributed by atoms with Crippen molar-refractivity contribution in [3.63, 3.8) is 0 Å². The lowest BCUT2D eigenvalue weighted by Gasteiger charge is -2.14. The van der Waals surface area contributed by atoms with Gasteiger partial charge in [-0.15, -0.1) is 0 Å². The standard InChI is InChI=1S/C15H27N/c1-5-8-15(9-6-2)11-13-16-12-10-14(4)7-3/h7,10,12,15-16H,3-6,8-9,11,13H2,1-2H3/b12-10-. The Bertz CT molecular complexity index is 209. The molecular formula is C15H27N. The molecule has 0 aromatic heterocycles. The molecular weight excluding hydrogens is 194 g/mol. The molecule has 0 aliphatic rings. The molecule has 92 valence electrons. The number of hydrogen-bond donors (Lipinski definition) is 1. The van der Waals surface area contributed by atoms with E-state index < -0.39 is 0 Å². The molecule has 0 aliphatic heterocycles. The topological polar surface area (TPSA) is 12.0 Å². The lowest BCUT2D eigenvalue weighted by molar-refractivity contribution is 0.408. The Morgan fingerprint density at radius 3 is 2.31 bits per heavy atom. The van der Waals surface area contributed by atoms with Gasteiger partial charge in [0.1, 0.15) is 0 Å². The highest BCUT2D eigenvalue weighted by molar-refractivity contribution is 5.24. The summed E-state index contributed by atoms with van der Waals surface area (Å²) in [6.07, 6.45) is 12.3. The third-order valence-corrected chi connectivity index (χ3v) is 2.77. The number of hydrogen-bond acceptors (Lipinski definition) is 1. The lowest BCUT2D eigenvalue weighted by Crippen LogP contribution is -2.12. The van der Waals surface area contributed by atoms with Crippen LogP contribution in [0.15, 0.2) is 37.1 Å². The van der Waals surface area contributed by atoms with Gasteiger partial charge in [-0.25, -0.2) is 0 Å². The van der Waals surface area contributed by atoms with Crippen molar-refractivity contribution in [2.75, 3.05) is 6.54 Å². The van der Waals surface area contributed by atoms with Crippen LogP contribution in [0.25, 0.3) is 0 Å². The summed E-state index contributed by atoms with van der Waals surface area (Å²) < 4.78 is 0. The Morgan fingerprint density at radius 2 is 1.81 bits per heavy atom. The van der Waals surface area contributed by atoms with Crippen molar-refractivity contribution in [2.24, 2.45) is 5.92 Å². The van der Waals surface area contributed by atoms with Crippen LogP contribution in [0.3, 0.4) is 0 Å². The largest absolute Gasteiger partial charge is 0.391 e. The van der Waals surface area contributed by atoms with E-state index in [1.165, 1.54) is 32.1 Å². The van der Waals surface area contributed by atoms with Crippen molar-refractivity contribution in [1.29, 1.82) is 0 Å². The Labute approximate surface area is 101 Å². The molecule has 0 atom stereocenters. The Balaban J connectivity index is 3.64. The fourth-order valence-corrected chi connectivity index (χ4v) is 1.85. The summed E-state index contributed by atoms with van der Waals surface area (Å²) >= 11 is 0. The van der Waals surface area contributed by atoms with Gasteiger partial charge < -0.3 is 5.32 Å². The molecule has 0 bridgehead atoms. The SMILES string of the molecule is C=CC(=C)/C=C\NCCC(CCC)CCC. The number of rotatable bonds is 10. The Morgan fingerprint density at radius 1 is 1.19 bits per heavy atom. The highest BCUT2D eigenvalue weighted by Gasteiger charge is 2.04. The summed E-state index contributed by atoms with van der Waals surface area (Å²) in [5.74, 6) is 0.888. The molecule has 1 N–H and O–H groups in total. The molecule has 0 aromatic carbocycles. The lowest BCUT2D eigenvalue weighted by atomic mass is 9.95. The first-order valence-corrected chi connectivity index (χ1v) is 6.45. The summed E-state index contributed by atoms with van der Waals surface area (Å²) in [6.45, 7) is 13.1. The molecule has 0 fully saturated rings. The third-order valence-electron chi connectivity index (χ3n) is 2.77. The van der Waals surface area contributed by atoms with E-state index in [2.05, 4.69) is 32.3 Å². The van der Waals surface area contributed by atoms with Crippen molar-refractivity contribution < 1.29 is 0 Å². The molecule has 0 heterocycles. The minimum absolute atomic E-state index is 0.888. The highest BCUT2D eigenvalue weighted by atomic mass is 14.8. The summed E-state index contributed by atoms with van der Waals surface area (Å²) in [5.41, 5.74) is 0.950. The van der Waals surface area contributed by atoms with Gasteiger partial charge in [0, 0.05) is 6.54 Å². The maximum atomic E-state index is 3.82. The van der Waals surface area contributed by atoms with Crippen LogP contribution in [0.1, 0.15) is 46.0 Å². The summed E-state index contributed by atoms with van der Waals surface area (Å²) in [6, 6.07) is 0. The second-order valence-corrected chi connectivity index (χ2v) is 4.30. The van der Waals surface area contributed by atoms with Crippen molar-refractivity contribution >= 4 is 0 Å². The van der Waals surface area contributed by atoms with Gasteiger partial charge in [0.2, 0.25) is 0 Å². The molecule has 0 rings (SSSR count). The van der Waals surface area contributed by atoms with Gasteiger partial charge in [0.05, 0.1) is 0 Å². The van der Waals surface area contributed by atoms with E-state index in [0.29, 0.717) is 0 Å². The molecule has 0 unspecified atom stereocenters. The molecule has 1 heteroatoms. The van der Waals surface area contributed by atoms with E-state index in [-0.39, 0.29) is 0 Å². The van der Waals surface area contributed by atoms with Gasteiger partial charge in [-0.1, -0.05) is 58.8 Å². The average Bonchev–Trinajstić information content (AvgIpc) is 2.28. The van der Waals surface area contributed by atoms with Crippen LogP contribution >= 0.6 is 0 Å². The van der Waals surface area contributed by atoms with Crippen LogP contribution in [-0.4, -0.2) is 6.54 Å². The van der Waals surface area contributed by atoms with E-state index in [9.17, 15) is 0 Å². The molecule has 1 nitrogen and oxygen atoms in total. The number of allylic oxidation sites excluding steroid dienone is 3.